The predicted octanol–water partition coefficient (Wildman–Crippen LogP) is 7.23. The monoisotopic (exact) mass is 523 g/mol. The van der Waals surface area contributed by atoms with Crippen LogP contribution in [-0.2, 0) is 4.74 Å². The zero-order valence-electron chi connectivity index (χ0n) is 22.8. The van der Waals surface area contributed by atoms with Crippen LogP contribution < -0.4 is 5.69 Å². The van der Waals surface area contributed by atoms with Gasteiger partial charge in [-0.3, -0.25) is 9.38 Å². The maximum Gasteiger partial charge on any atom is 0.342 e. The molecular formula is C30H41N3O3S. The summed E-state index contributed by atoms with van der Waals surface area (Å²) in [6.07, 6.45) is 8.29. The van der Waals surface area contributed by atoms with E-state index in [1.165, 1.54) is 23.7 Å². The third kappa shape index (κ3) is 6.31. The van der Waals surface area contributed by atoms with Crippen molar-refractivity contribution in [2.24, 2.45) is 23.7 Å². The van der Waals surface area contributed by atoms with E-state index in [0.717, 1.165) is 30.6 Å². The molecule has 7 heteroatoms. The van der Waals surface area contributed by atoms with E-state index >= 15 is 0 Å². The average Bonchev–Trinajstić information content (AvgIpc) is 3.27. The number of esters is 1. The van der Waals surface area contributed by atoms with Crippen LogP contribution in [0.3, 0.4) is 0 Å². The van der Waals surface area contributed by atoms with Crippen LogP contribution in [0.15, 0.2) is 46.5 Å². The fourth-order valence-electron chi connectivity index (χ4n) is 5.85. The summed E-state index contributed by atoms with van der Waals surface area (Å²) in [5, 5.41) is 0.549. The minimum Gasteiger partial charge on any atom is -0.458 e. The van der Waals surface area contributed by atoms with Crippen molar-refractivity contribution in [3.05, 3.63) is 52.6 Å². The molecule has 3 unspecified atom stereocenters. The fourth-order valence-corrected chi connectivity index (χ4v) is 6.95. The predicted molar refractivity (Wildman–Crippen MR) is 151 cm³/mol. The van der Waals surface area contributed by atoms with Gasteiger partial charge in [-0.25, -0.2) is 14.6 Å². The molecule has 1 saturated carbocycles. The van der Waals surface area contributed by atoms with E-state index < -0.39 is 5.97 Å². The van der Waals surface area contributed by atoms with E-state index in [4.69, 9.17) is 9.72 Å². The Bertz CT molecular complexity index is 1240. The van der Waals surface area contributed by atoms with E-state index in [1.807, 2.05) is 30.3 Å². The molecule has 0 spiro atoms. The average molecular weight is 524 g/mol. The van der Waals surface area contributed by atoms with Gasteiger partial charge in [-0.15, -0.1) is 0 Å². The molecule has 3 aromatic rings. The molecule has 1 N–H and O–H groups in total. The Hall–Kier alpha value is -2.54. The smallest absolute Gasteiger partial charge is 0.342 e. The van der Waals surface area contributed by atoms with Crippen molar-refractivity contribution in [3.63, 3.8) is 0 Å². The van der Waals surface area contributed by atoms with Gasteiger partial charge in [-0.05, 0) is 48.5 Å². The number of aromatic amines is 1. The van der Waals surface area contributed by atoms with Crippen molar-refractivity contribution in [2.75, 3.05) is 5.75 Å². The number of H-pyrrole nitrogens is 1. The second kappa shape index (κ2) is 12.3. The highest BCUT2D eigenvalue weighted by Crippen LogP contribution is 2.37. The van der Waals surface area contributed by atoms with Gasteiger partial charge < -0.3 is 4.74 Å². The number of carbonyl (C=O) groups is 1. The van der Waals surface area contributed by atoms with Crippen LogP contribution in [0.2, 0.25) is 0 Å². The number of rotatable bonds is 10. The number of nitrogens with one attached hydrogen (secondary N) is 1. The number of carbonyl (C=O) groups excluding carboxylic acids is 1. The van der Waals surface area contributed by atoms with E-state index in [2.05, 4.69) is 39.6 Å². The molecular weight excluding hydrogens is 482 g/mol. The molecule has 0 amide bonds. The van der Waals surface area contributed by atoms with Crippen LogP contribution >= 0.6 is 11.8 Å². The third-order valence-electron chi connectivity index (χ3n) is 7.82. The van der Waals surface area contributed by atoms with Gasteiger partial charge in [-0.1, -0.05) is 96.0 Å². The van der Waals surface area contributed by atoms with Crippen LogP contribution in [0.1, 0.15) is 83.5 Å². The van der Waals surface area contributed by atoms with Gasteiger partial charge in [-0.2, -0.15) is 0 Å². The Balaban J connectivity index is 1.72. The van der Waals surface area contributed by atoms with Crippen molar-refractivity contribution in [2.45, 2.75) is 84.4 Å². The van der Waals surface area contributed by atoms with Crippen molar-refractivity contribution < 1.29 is 9.53 Å². The Labute approximate surface area is 224 Å². The molecule has 1 aliphatic carbocycles. The highest BCUT2D eigenvalue weighted by atomic mass is 32.2. The van der Waals surface area contributed by atoms with Crippen LogP contribution in [0.5, 0.6) is 0 Å². The van der Waals surface area contributed by atoms with Crippen molar-refractivity contribution in [1.82, 2.24) is 14.4 Å². The Morgan fingerprint density at radius 2 is 1.86 bits per heavy atom. The number of hydrogen-bond acceptors (Lipinski definition) is 5. The molecule has 4 rings (SSSR count). The zero-order chi connectivity index (χ0) is 26.5. The maximum absolute atomic E-state index is 13.8. The number of thioether (sulfide) groups is 1. The summed E-state index contributed by atoms with van der Waals surface area (Å²) in [6, 6.07) is 9.69. The molecule has 2 heterocycles. The molecule has 200 valence electrons. The van der Waals surface area contributed by atoms with E-state index in [-0.39, 0.29) is 23.6 Å². The normalized spacial score (nSPS) is 22.7. The molecule has 6 nitrogen and oxygen atoms in total. The largest absolute Gasteiger partial charge is 0.458 e. The third-order valence-corrected chi connectivity index (χ3v) is 8.93. The molecule has 1 aliphatic rings. The maximum atomic E-state index is 13.8. The molecule has 3 atom stereocenters. The number of unbranched alkanes of at least 4 members (excludes halogenated alkanes) is 1. The number of hydrogen-bond donors (Lipinski definition) is 1. The van der Waals surface area contributed by atoms with E-state index in [1.54, 1.807) is 18.0 Å². The molecule has 0 saturated heterocycles. The van der Waals surface area contributed by atoms with Crippen LogP contribution in [0.4, 0.5) is 0 Å². The SMILES string of the molecule is CCCCC(CC)CSc1nc2c(C(=O)OC3C(C)CC(C)CC3C)c(-c3ccccc3)cn2c(=O)[nH]1. The van der Waals surface area contributed by atoms with Crippen molar-refractivity contribution in [3.8, 4) is 11.1 Å². The summed E-state index contributed by atoms with van der Waals surface area (Å²) < 4.78 is 7.66. The van der Waals surface area contributed by atoms with Gasteiger partial charge in [0.25, 0.3) is 0 Å². The summed E-state index contributed by atoms with van der Waals surface area (Å²) in [5.41, 5.74) is 1.97. The Kier molecular flexibility index (Phi) is 9.17. The topological polar surface area (TPSA) is 76.5 Å². The first-order valence-electron chi connectivity index (χ1n) is 13.9. The van der Waals surface area contributed by atoms with Crippen LogP contribution in [-0.4, -0.2) is 32.2 Å². The molecule has 1 aromatic carbocycles. The van der Waals surface area contributed by atoms with Gasteiger partial charge in [0.2, 0.25) is 0 Å². The first-order chi connectivity index (χ1) is 17.8. The van der Waals surface area contributed by atoms with Gasteiger partial charge in [0.15, 0.2) is 10.8 Å². The second-order valence-electron chi connectivity index (χ2n) is 11.0. The number of ether oxygens (including phenoxy) is 1. The van der Waals surface area contributed by atoms with Gasteiger partial charge in [0.1, 0.15) is 11.7 Å². The molecule has 37 heavy (non-hydrogen) atoms. The number of aromatic nitrogens is 3. The Morgan fingerprint density at radius 1 is 1.16 bits per heavy atom. The summed E-state index contributed by atoms with van der Waals surface area (Å²) in [7, 11) is 0. The lowest BCUT2D eigenvalue weighted by Crippen LogP contribution is -2.37. The van der Waals surface area contributed by atoms with Crippen molar-refractivity contribution in [1.29, 1.82) is 0 Å². The first kappa shape index (κ1) is 27.5. The van der Waals surface area contributed by atoms with Crippen LogP contribution in [0.25, 0.3) is 16.8 Å². The lowest BCUT2D eigenvalue weighted by molar-refractivity contribution is -0.0250. The molecule has 1 fully saturated rings. The van der Waals surface area contributed by atoms with Gasteiger partial charge in [0, 0.05) is 17.5 Å². The molecule has 0 radical (unpaired) electrons. The lowest BCUT2D eigenvalue weighted by atomic mass is 9.75. The number of fused-ring (bicyclic) bond motifs is 1. The fraction of sp³-hybridized carbons (Fsp3) is 0.567. The highest BCUT2D eigenvalue weighted by molar-refractivity contribution is 7.99. The minimum atomic E-state index is -0.400. The van der Waals surface area contributed by atoms with Gasteiger partial charge in [0.05, 0.1) is 0 Å². The van der Waals surface area contributed by atoms with Crippen LogP contribution in [0, 0.1) is 23.7 Å². The lowest BCUT2D eigenvalue weighted by Gasteiger charge is -2.37. The number of nitrogens with zero attached hydrogens (tertiary/aromatic N) is 2. The molecule has 0 aliphatic heterocycles. The second-order valence-corrected chi connectivity index (χ2v) is 12.0. The van der Waals surface area contributed by atoms with Gasteiger partial charge >= 0.3 is 11.7 Å². The summed E-state index contributed by atoms with van der Waals surface area (Å²) in [4.78, 5) is 34.7. The first-order valence-corrected chi connectivity index (χ1v) is 14.8. The Morgan fingerprint density at radius 3 is 2.51 bits per heavy atom. The van der Waals surface area contributed by atoms with E-state index in [9.17, 15) is 9.59 Å². The van der Waals surface area contributed by atoms with Crippen molar-refractivity contribution >= 4 is 23.4 Å². The number of benzene rings is 1. The standard InChI is InChI=1S/C30H41N3O3S/c1-6-8-12-22(7-2)18-37-29-31-27-25(28(34)36-26-20(4)15-19(3)16-21(26)5)24(17-33(27)30(35)32-29)23-13-10-9-11-14-23/h9-11,13-14,17,19-22,26H,6-8,12,15-16,18H2,1-5H3,(H,31,32,35). The summed E-state index contributed by atoms with van der Waals surface area (Å²) in [6.45, 7) is 11.0. The van der Waals surface area contributed by atoms with E-state index in [0.29, 0.717) is 33.8 Å². The quantitative estimate of drug-likeness (QED) is 0.224. The highest BCUT2D eigenvalue weighted by Gasteiger charge is 2.35. The minimum absolute atomic E-state index is 0.151. The molecule has 2 aromatic heterocycles. The summed E-state index contributed by atoms with van der Waals surface area (Å²) in [5.74, 6) is 2.25. The summed E-state index contributed by atoms with van der Waals surface area (Å²) >= 11 is 1.56. The zero-order valence-corrected chi connectivity index (χ0v) is 23.6. The molecule has 0 bridgehead atoms.